The summed E-state index contributed by atoms with van der Waals surface area (Å²) in [7, 11) is 0. The number of rotatable bonds is 4. The summed E-state index contributed by atoms with van der Waals surface area (Å²) in [6.45, 7) is 0.972. The van der Waals surface area contributed by atoms with Crippen LogP contribution in [-0.4, -0.2) is 53.6 Å². The zero-order chi connectivity index (χ0) is 22.9. The van der Waals surface area contributed by atoms with Crippen molar-refractivity contribution in [2.75, 3.05) is 13.1 Å². The monoisotopic (exact) mass is 479 g/mol. The number of hydrogen-bond acceptors (Lipinski definition) is 6. The smallest absolute Gasteiger partial charge is 0.407 e. The lowest BCUT2D eigenvalue weighted by molar-refractivity contribution is 0.119. The van der Waals surface area contributed by atoms with E-state index in [4.69, 9.17) is 11.6 Å². The summed E-state index contributed by atoms with van der Waals surface area (Å²) >= 11 is 7.39. The fourth-order valence-electron chi connectivity index (χ4n) is 3.97. The topological polar surface area (TPSA) is 112 Å². The van der Waals surface area contributed by atoms with Gasteiger partial charge in [-0.05, 0) is 31.0 Å². The van der Waals surface area contributed by atoms with Gasteiger partial charge in [0.1, 0.15) is 11.1 Å². The van der Waals surface area contributed by atoms with Crippen molar-refractivity contribution in [3.63, 3.8) is 0 Å². The fourth-order valence-corrected chi connectivity index (χ4v) is 5.03. The summed E-state index contributed by atoms with van der Waals surface area (Å²) in [5, 5.41) is 29.0. The average Bonchev–Trinajstić information content (AvgIpc) is 3.48. The third-order valence-corrected chi connectivity index (χ3v) is 6.79. The highest BCUT2D eigenvalue weighted by Gasteiger charge is 2.25. The van der Waals surface area contributed by atoms with Crippen LogP contribution < -0.4 is 0 Å². The summed E-state index contributed by atoms with van der Waals surface area (Å²) in [5.74, 6) is 0. The summed E-state index contributed by atoms with van der Waals surface area (Å²) in [4.78, 5) is 18.0. The van der Waals surface area contributed by atoms with E-state index in [0.29, 0.717) is 29.2 Å². The normalized spacial score (nSPS) is 16.1. The van der Waals surface area contributed by atoms with Crippen molar-refractivity contribution in [2.24, 2.45) is 0 Å². The first kappa shape index (κ1) is 21.3. The van der Waals surface area contributed by atoms with Crippen LogP contribution in [0.5, 0.6) is 0 Å². The van der Waals surface area contributed by atoms with Crippen LogP contribution in [0.1, 0.15) is 24.4 Å². The summed E-state index contributed by atoms with van der Waals surface area (Å²) in [5.41, 5.74) is 2.94. The second-order valence-electron chi connectivity index (χ2n) is 7.71. The van der Waals surface area contributed by atoms with Gasteiger partial charge in [0.25, 0.3) is 0 Å². The molecule has 1 aliphatic rings. The van der Waals surface area contributed by atoms with Crippen molar-refractivity contribution in [3.8, 4) is 17.2 Å². The van der Waals surface area contributed by atoms with E-state index < -0.39 is 6.09 Å². The lowest BCUT2D eigenvalue weighted by atomic mass is 10.1. The number of nitriles is 1. The molecule has 1 atom stereocenters. The van der Waals surface area contributed by atoms with Gasteiger partial charge >= 0.3 is 6.09 Å². The van der Waals surface area contributed by atoms with Crippen molar-refractivity contribution < 1.29 is 9.90 Å². The molecule has 1 N–H and O–H groups in total. The van der Waals surface area contributed by atoms with E-state index in [2.05, 4.69) is 21.3 Å². The number of likely N-dealkylation sites (tertiary alicyclic amines) is 1. The maximum absolute atomic E-state index is 11.4. The lowest BCUT2D eigenvalue weighted by Crippen LogP contribution is -2.39. The van der Waals surface area contributed by atoms with E-state index >= 15 is 0 Å². The van der Waals surface area contributed by atoms with Crippen LogP contribution in [0.2, 0.25) is 5.02 Å². The molecule has 11 heteroatoms. The molecule has 1 aliphatic heterocycles. The molecule has 0 spiro atoms. The SMILES string of the molecule is N#Cc1cnn2cc(-c3cnn([C@H]4CCCN(C(=O)O)C4)c3)cc(Sc3ccc(Cl)cn3)c12. The van der Waals surface area contributed by atoms with Gasteiger partial charge in [0.2, 0.25) is 0 Å². The lowest BCUT2D eigenvalue weighted by Gasteiger charge is -2.30. The minimum absolute atomic E-state index is 0.00524. The molecule has 0 saturated carbocycles. The number of carbonyl (C=O) groups is 1. The van der Waals surface area contributed by atoms with Crippen LogP contribution in [-0.2, 0) is 0 Å². The molecular formula is C22H18ClN7O2S. The second-order valence-corrected chi connectivity index (χ2v) is 9.21. The Balaban J connectivity index is 1.51. The number of hydrogen-bond donors (Lipinski definition) is 1. The van der Waals surface area contributed by atoms with E-state index in [1.165, 1.54) is 16.7 Å². The Morgan fingerprint density at radius 2 is 2.09 bits per heavy atom. The predicted octanol–water partition coefficient (Wildman–Crippen LogP) is 4.58. The number of piperidine rings is 1. The van der Waals surface area contributed by atoms with Gasteiger partial charge in [-0.25, -0.2) is 14.3 Å². The molecule has 33 heavy (non-hydrogen) atoms. The molecule has 0 radical (unpaired) electrons. The van der Waals surface area contributed by atoms with Gasteiger partial charge in [0.15, 0.2) is 0 Å². The third kappa shape index (κ3) is 4.25. The standard InChI is InChI=1S/C22H18ClN7O2S/c23-17-3-4-20(25-10-17)33-19-6-14(11-30-21(19)15(7-24)8-27-30)16-9-26-29(12-16)18-2-1-5-28(13-18)22(31)32/h3-4,6,8-12,18H,1-2,5,13H2,(H,31,32)/t18-/m0/s1. The second kappa shape index (κ2) is 8.77. The summed E-state index contributed by atoms with van der Waals surface area (Å²) in [6.07, 6.45) is 9.47. The Hall–Kier alpha value is -3.55. The van der Waals surface area contributed by atoms with Gasteiger partial charge in [-0.1, -0.05) is 23.4 Å². The Kier molecular flexibility index (Phi) is 5.66. The molecule has 0 bridgehead atoms. The maximum atomic E-state index is 11.4. The summed E-state index contributed by atoms with van der Waals surface area (Å²) < 4.78 is 3.53. The van der Waals surface area contributed by atoms with Crippen LogP contribution in [0.25, 0.3) is 16.6 Å². The molecule has 0 aromatic carbocycles. The minimum atomic E-state index is -0.901. The molecule has 5 heterocycles. The molecular weight excluding hydrogens is 462 g/mol. The molecule has 166 valence electrons. The Morgan fingerprint density at radius 1 is 1.21 bits per heavy atom. The van der Waals surface area contributed by atoms with Crippen LogP contribution in [0.15, 0.2) is 59.1 Å². The first-order chi connectivity index (χ1) is 16.0. The largest absolute Gasteiger partial charge is 0.465 e. The molecule has 1 saturated heterocycles. The zero-order valence-electron chi connectivity index (χ0n) is 17.3. The first-order valence-electron chi connectivity index (χ1n) is 10.2. The highest BCUT2D eigenvalue weighted by Crippen LogP contribution is 2.35. The van der Waals surface area contributed by atoms with Crippen molar-refractivity contribution in [3.05, 3.63) is 59.8 Å². The highest BCUT2D eigenvalue weighted by molar-refractivity contribution is 7.99. The Morgan fingerprint density at radius 3 is 2.85 bits per heavy atom. The number of halogens is 1. The van der Waals surface area contributed by atoms with Crippen LogP contribution in [0, 0.1) is 11.3 Å². The van der Waals surface area contributed by atoms with E-state index in [-0.39, 0.29) is 6.04 Å². The zero-order valence-corrected chi connectivity index (χ0v) is 18.9. The van der Waals surface area contributed by atoms with Gasteiger partial charge in [-0.3, -0.25) is 4.68 Å². The van der Waals surface area contributed by atoms with Gasteiger partial charge in [0.05, 0.1) is 34.5 Å². The highest BCUT2D eigenvalue weighted by atomic mass is 35.5. The van der Waals surface area contributed by atoms with Crippen LogP contribution in [0.4, 0.5) is 4.79 Å². The molecule has 0 aliphatic carbocycles. The van der Waals surface area contributed by atoms with Crippen molar-refractivity contribution in [1.82, 2.24) is 29.3 Å². The number of fused-ring (bicyclic) bond motifs is 1. The van der Waals surface area contributed by atoms with Crippen molar-refractivity contribution >= 4 is 35.0 Å². The summed E-state index contributed by atoms with van der Waals surface area (Å²) in [6, 6.07) is 7.78. The Bertz CT molecular complexity index is 1380. The number of carboxylic acid groups (broad SMARTS) is 1. The van der Waals surface area contributed by atoms with E-state index in [1.54, 1.807) is 29.2 Å². The molecule has 9 nitrogen and oxygen atoms in total. The molecule has 5 rings (SSSR count). The maximum Gasteiger partial charge on any atom is 0.407 e. The van der Waals surface area contributed by atoms with E-state index in [9.17, 15) is 15.2 Å². The molecule has 0 unspecified atom stereocenters. The number of amides is 1. The average molecular weight is 480 g/mol. The quantitative estimate of drug-likeness (QED) is 0.455. The molecule has 4 aromatic rings. The molecule has 4 aromatic heterocycles. The predicted molar refractivity (Wildman–Crippen MR) is 122 cm³/mol. The Labute approximate surface area is 198 Å². The molecule has 1 amide bonds. The molecule has 1 fully saturated rings. The minimum Gasteiger partial charge on any atom is -0.465 e. The van der Waals surface area contributed by atoms with Crippen molar-refractivity contribution in [2.45, 2.75) is 28.8 Å². The fraction of sp³-hybridized carbons (Fsp3) is 0.227. The van der Waals surface area contributed by atoms with Crippen LogP contribution >= 0.6 is 23.4 Å². The third-order valence-electron chi connectivity index (χ3n) is 5.59. The first-order valence-corrected chi connectivity index (χ1v) is 11.4. The van der Waals surface area contributed by atoms with Gasteiger partial charge in [0, 0.05) is 47.7 Å². The number of pyridine rings is 2. The van der Waals surface area contributed by atoms with Gasteiger partial charge in [-0.15, -0.1) is 0 Å². The number of aromatic nitrogens is 5. The van der Waals surface area contributed by atoms with Gasteiger partial charge < -0.3 is 10.0 Å². The van der Waals surface area contributed by atoms with Gasteiger partial charge in [-0.2, -0.15) is 15.5 Å². The van der Waals surface area contributed by atoms with E-state index in [0.717, 1.165) is 33.9 Å². The van der Waals surface area contributed by atoms with Crippen LogP contribution in [0.3, 0.4) is 0 Å². The van der Waals surface area contributed by atoms with E-state index in [1.807, 2.05) is 29.2 Å². The number of nitrogens with zero attached hydrogens (tertiary/aromatic N) is 7. The van der Waals surface area contributed by atoms with Crippen molar-refractivity contribution in [1.29, 1.82) is 5.26 Å².